The number of halogens is 1. The molecule has 0 radical (unpaired) electrons. The van der Waals surface area contributed by atoms with Crippen LogP contribution in [-0.2, 0) is 17.4 Å². The number of hydrogen-bond donors (Lipinski definition) is 1. The number of hydrogen-bond acceptors (Lipinski definition) is 2. The van der Waals surface area contributed by atoms with Gasteiger partial charge in [-0.1, -0.05) is 65.8 Å². The fraction of sp³-hybridized carbons (Fsp3) is 0.538. The van der Waals surface area contributed by atoms with Crippen LogP contribution in [0.15, 0.2) is 42.5 Å². The predicted molar refractivity (Wildman–Crippen MR) is 122 cm³/mol. The second-order valence-electron chi connectivity index (χ2n) is 11.1. The number of benzene rings is 2. The lowest BCUT2D eigenvalue weighted by molar-refractivity contribution is -0.906. The van der Waals surface area contributed by atoms with E-state index in [4.69, 9.17) is 4.74 Å². The van der Waals surface area contributed by atoms with E-state index in [1.54, 1.807) is 12.1 Å². The van der Waals surface area contributed by atoms with E-state index in [2.05, 4.69) is 67.8 Å². The maximum atomic E-state index is 13.1. The van der Waals surface area contributed by atoms with Crippen LogP contribution in [0, 0.1) is 5.82 Å². The van der Waals surface area contributed by atoms with Crippen LogP contribution in [0.3, 0.4) is 0 Å². The molecule has 30 heavy (non-hydrogen) atoms. The largest absolute Gasteiger partial charge is 0.490 e. The number of aliphatic hydroxyl groups is 1. The van der Waals surface area contributed by atoms with Gasteiger partial charge < -0.3 is 14.3 Å². The van der Waals surface area contributed by atoms with Crippen LogP contribution in [0.5, 0.6) is 5.75 Å². The summed E-state index contributed by atoms with van der Waals surface area (Å²) in [4.78, 5) is 0. The van der Waals surface area contributed by atoms with Crippen molar-refractivity contribution in [3.8, 4) is 5.75 Å². The summed E-state index contributed by atoms with van der Waals surface area (Å²) >= 11 is 0. The highest BCUT2D eigenvalue weighted by Crippen LogP contribution is 2.35. The zero-order valence-electron chi connectivity index (χ0n) is 19.9. The topological polar surface area (TPSA) is 29.5 Å². The Morgan fingerprint density at radius 3 is 2.07 bits per heavy atom. The second kappa shape index (κ2) is 9.07. The van der Waals surface area contributed by atoms with Crippen LogP contribution in [0.4, 0.5) is 4.39 Å². The lowest BCUT2D eigenvalue weighted by Gasteiger charge is -2.32. The van der Waals surface area contributed by atoms with Gasteiger partial charge in [0.05, 0.1) is 14.1 Å². The average molecular weight is 417 g/mol. The molecule has 2 aromatic carbocycles. The number of likely N-dealkylation sites (N-methyl/N-ethyl adjacent to an activating group) is 1. The van der Waals surface area contributed by atoms with Crippen molar-refractivity contribution in [2.24, 2.45) is 0 Å². The highest BCUT2D eigenvalue weighted by molar-refractivity contribution is 5.43. The molecule has 4 heteroatoms. The van der Waals surface area contributed by atoms with Crippen molar-refractivity contribution in [2.45, 2.75) is 65.0 Å². The average Bonchev–Trinajstić information content (AvgIpc) is 2.59. The highest BCUT2D eigenvalue weighted by Gasteiger charge is 2.25. The quantitative estimate of drug-likeness (QED) is 0.609. The third-order valence-electron chi connectivity index (χ3n) is 5.31. The van der Waals surface area contributed by atoms with Crippen molar-refractivity contribution in [3.05, 3.63) is 65.0 Å². The Balaban J connectivity index is 2.06. The minimum Gasteiger partial charge on any atom is -0.490 e. The van der Waals surface area contributed by atoms with Gasteiger partial charge in [0.25, 0.3) is 0 Å². The van der Waals surface area contributed by atoms with Gasteiger partial charge in [-0.2, -0.15) is 0 Å². The molecular weight excluding hydrogens is 377 g/mol. The molecule has 0 amide bonds. The predicted octanol–water partition coefficient (Wildman–Crippen LogP) is 5.44. The van der Waals surface area contributed by atoms with Crippen LogP contribution in [-0.4, -0.2) is 42.9 Å². The molecule has 0 aliphatic rings. The molecule has 3 nitrogen and oxygen atoms in total. The Morgan fingerprint density at radius 2 is 1.53 bits per heavy atom. The smallest absolute Gasteiger partial charge is 0.137 e. The first-order chi connectivity index (χ1) is 13.7. The maximum Gasteiger partial charge on any atom is 0.137 e. The summed E-state index contributed by atoms with van der Waals surface area (Å²) < 4.78 is 19.8. The van der Waals surface area contributed by atoms with E-state index in [9.17, 15) is 9.50 Å². The zero-order valence-corrected chi connectivity index (χ0v) is 19.9. The van der Waals surface area contributed by atoms with Gasteiger partial charge in [-0.05, 0) is 40.2 Å². The van der Waals surface area contributed by atoms with E-state index in [-0.39, 0.29) is 23.3 Å². The van der Waals surface area contributed by atoms with E-state index >= 15 is 0 Å². The molecule has 0 aromatic heterocycles. The summed E-state index contributed by atoms with van der Waals surface area (Å²) in [5.74, 6) is 0.600. The van der Waals surface area contributed by atoms with Gasteiger partial charge in [-0.3, -0.25) is 0 Å². The number of aliphatic hydroxyl groups excluding tert-OH is 1. The molecule has 2 rings (SSSR count). The molecule has 1 atom stereocenters. The van der Waals surface area contributed by atoms with Crippen LogP contribution in [0.1, 0.15) is 58.2 Å². The minimum absolute atomic E-state index is 0.0561. The van der Waals surface area contributed by atoms with E-state index in [1.807, 2.05) is 6.07 Å². The Hall–Kier alpha value is -1.91. The summed E-state index contributed by atoms with van der Waals surface area (Å²) in [6.45, 7) is 14.7. The number of ether oxygens (including phenoxy) is 1. The summed E-state index contributed by atoms with van der Waals surface area (Å²) in [7, 11) is 4.12. The number of quaternary nitrogens is 1. The van der Waals surface area contributed by atoms with Gasteiger partial charge >= 0.3 is 0 Å². The van der Waals surface area contributed by atoms with E-state index in [0.29, 0.717) is 17.6 Å². The molecule has 0 bridgehead atoms. The third kappa shape index (κ3) is 7.10. The van der Waals surface area contributed by atoms with Crippen molar-refractivity contribution >= 4 is 0 Å². The van der Waals surface area contributed by atoms with Crippen LogP contribution in [0.2, 0.25) is 0 Å². The Labute approximate surface area is 182 Å². The second-order valence-corrected chi connectivity index (χ2v) is 11.1. The summed E-state index contributed by atoms with van der Waals surface area (Å²) in [6, 6.07) is 12.9. The van der Waals surface area contributed by atoms with Gasteiger partial charge in [0.2, 0.25) is 0 Å². The molecule has 0 saturated carbocycles. The first-order valence-electron chi connectivity index (χ1n) is 10.7. The fourth-order valence-electron chi connectivity index (χ4n) is 3.67. The van der Waals surface area contributed by atoms with Crippen molar-refractivity contribution < 1.29 is 18.7 Å². The molecule has 0 fully saturated rings. The Morgan fingerprint density at radius 1 is 0.933 bits per heavy atom. The van der Waals surface area contributed by atoms with Gasteiger partial charge in [-0.15, -0.1) is 0 Å². The van der Waals surface area contributed by atoms with Crippen molar-refractivity contribution in [2.75, 3.05) is 27.2 Å². The van der Waals surface area contributed by atoms with Gasteiger partial charge in [0.1, 0.15) is 37.4 Å². The Kier molecular flexibility index (Phi) is 7.36. The van der Waals surface area contributed by atoms with E-state index in [1.165, 1.54) is 17.7 Å². The third-order valence-corrected chi connectivity index (χ3v) is 5.31. The molecule has 0 heterocycles. The summed E-state index contributed by atoms with van der Waals surface area (Å²) in [6.07, 6.45) is -0.601. The molecule has 0 aliphatic carbocycles. The van der Waals surface area contributed by atoms with Crippen LogP contribution < -0.4 is 4.74 Å². The maximum absolute atomic E-state index is 13.1. The molecule has 0 saturated heterocycles. The lowest BCUT2D eigenvalue weighted by Crippen LogP contribution is -2.46. The van der Waals surface area contributed by atoms with Gasteiger partial charge in [0, 0.05) is 5.56 Å². The highest BCUT2D eigenvalue weighted by atomic mass is 19.1. The molecule has 1 N–H and O–H groups in total. The molecule has 0 spiro atoms. The zero-order chi connectivity index (χ0) is 22.7. The van der Waals surface area contributed by atoms with Crippen LogP contribution in [0.25, 0.3) is 0 Å². The molecule has 0 aliphatic heterocycles. The van der Waals surface area contributed by atoms with E-state index in [0.717, 1.165) is 16.9 Å². The molecule has 0 unspecified atom stereocenters. The molecular formula is C26H39FNO2+. The van der Waals surface area contributed by atoms with Gasteiger partial charge in [-0.25, -0.2) is 4.39 Å². The molecule has 166 valence electrons. The van der Waals surface area contributed by atoms with Crippen molar-refractivity contribution in [1.29, 1.82) is 0 Å². The Bertz CT molecular complexity index is 830. The van der Waals surface area contributed by atoms with Crippen molar-refractivity contribution in [3.63, 3.8) is 0 Å². The van der Waals surface area contributed by atoms with Crippen molar-refractivity contribution in [1.82, 2.24) is 0 Å². The summed E-state index contributed by atoms with van der Waals surface area (Å²) in [5, 5.41) is 10.6. The normalized spacial score (nSPS) is 13.9. The monoisotopic (exact) mass is 416 g/mol. The van der Waals surface area contributed by atoms with Gasteiger partial charge in [0.15, 0.2) is 0 Å². The first-order valence-corrected chi connectivity index (χ1v) is 10.7. The summed E-state index contributed by atoms with van der Waals surface area (Å²) in [5.41, 5.74) is 3.49. The minimum atomic E-state index is -0.601. The standard InChI is InChI=1S/C26H39FNO2/c1-25(2,3)20-11-14-24(23(15-20)26(4,5)6)30-18-22(29)17-28(7,8)16-19-9-12-21(27)13-10-19/h9-15,22,29H,16-18H2,1-8H3/q+1/t22-/m1/s1. The first kappa shape index (κ1) is 24.4. The SMILES string of the molecule is CC(C)(C)c1ccc(OC[C@H](O)C[N+](C)(C)Cc2ccc(F)cc2)c(C(C)(C)C)c1. The van der Waals surface area contributed by atoms with Crippen LogP contribution >= 0.6 is 0 Å². The fourth-order valence-corrected chi connectivity index (χ4v) is 3.67. The lowest BCUT2D eigenvalue weighted by atomic mass is 9.80. The van der Waals surface area contributed by atoms with E-state index < -0.39 is 6.10 Å². The molecule has 2 aromatic rings. The number of nitrogens with zero attached hydrogens (tertiary/aromatic N) is 1. The number of rotatable bonds is 7.